The highest BCUT2D eigenvalue weighted by molar-refractivity contribution is 7.81. The maximum atomic E-state index is 11.1. The lowest BCUT2D eigenvalue weighted by molar-refractivity contribution is -0.119. The zero-order valence-electron chi connectivity index (χ0n) is 8.13. The summed E-state index contributed by atoms with van der Waals surface area (Å²) in [6, 6.07) is 5.17. The highest BCUT2D eigenvalue weighted by Crippen LogP contribution is 2.29. The summed E-state index contributed by atoms with van der Waals surface area (Å²) in [6.45, 7) is 1.85. The van der Waals surface area contributed by atoms with E-state index in [1.807, 2.05) is 13.0 Å². The summed E-state index contributed by atoms with van der Waals surface area (Å²) >= 11 is 15.8. The van der Waals surface area contributed by atoms with E-state index in [0.717, 1.165) is 5.56 Å². The molecule has 1 aromatic rings. The predicted octanol–water partition coefficient (Wildman–Crippen LogP) is 3.10. The largest absolute Gasteiger partial charge is 0.349 e. The summed E-state index contributed by atoms with van der Waals surface area (Å²) in [6.07, 6.45) is 0. The SMILES string of the molecule is CC(NC(=O)CS)c1cccc(Cl)c1Cl. The molecule has 1 atom stereocenters. The molecule has 0 fully saturated rings. The molecule has 0 aliphatic heterocycles. The monoisotopic (exact) mass is 263 g/mol. The van der Waals surface area contributed by atoms with Gasteiger partial charge in [-0.15, -0.1) is 0 Å². The summed E-state index contributed by atoms with van der Waals surface area (Å²) in [5, 5.41) is 3.72. The molecule has 1 amide bonds. The fourth-order valence-corrected chi connectivity index (χ4v) is 1.78. The lowest BCUT2D eigenvalue weighted by Crippen LogP contribution is -2.27. The first-order chi connectivity index (χ1) is 7.06. The van der Waals surface area contributed by atoms with Crippen LogP contribution in [0.1, 0.15) is 18.5 Å². The van der Waals surface area contributed by atoms with Crippen LogP contribution in [0.3, 0.4) is 0 Å². The fraction of sp³-hybridized carbons (Fsp3) is 0.300. The van der Waals surface area contributed by atoms with Crippen molar-refractivity contribution >= 4 is 41.7 Å². The molecule has 0 heterocycles. The third kappa shape index (κ3) is 3.30. The Morgan fingerprint density at radius 1 is 1.53 bits per heavy atom. The molecule has 0 aliphatic rings. The van der Waals surface area contributed by atoms with Gasteiger partial charge >= 0.3 is 0 Å². The smallest absolute Gasteiger partial charge is 0.230 e. The third-order valence-corrected chi connectivity index (χ3v) is 3.09. The number of halogens is 2. The lowest BCUT2D eigenvalue weighted by atomic mass is 10.1. The predicted molar refractivity (Wildman–Crippen MR) is 66.9 cm³/mol. The number of carbonyl (C=O) groups excluding carboxylic acids is 1. The van der Waals surface area contributed by atoms with Gasteiger partial charge in [0.1, 0.15) is 0 Å². The number of rotatable bonds is 3. The van der Waals surface area contributed by atoms with Gasteiger partial charge in [0.2, 0.25) is 5.91 Å². The lowest BCUT2D eigenvalue weighted by Gasteiger charge is -2.15. The van der Waals surface area contributed by atoms with Gasteiger partial charge in [-0.25, -0.2) is 0 Å². The summed E-state index contributed by atoms with van der Waals surface area (Å²) in [4.78, 5) is 11.1. The van der Waals surface area contributed by atoms with Gasteiger partial charge in [-0.1, -0.05) is 35.3 Å². The Morgan fingerprint density at radius 3 is 2.80 bits per heavy atom. The summed E-state index contributed by atoms with van der Waals surface area (Å²) in [5.41, 5.74) is 0.805. The second-order valence-corrected chi connectivity index (χ2v) is 4.19. The van der Waals surface area contributed by atoms with Crippen LogP contribution in [0.15, 0.2) is 18.2 Å². The molecule has 2 nitrogen and oxygen atoms in total. The summed E-state index contributed by atoms with van der Waals surface area (Å²) in [5.74, 6) is 0.0181. The minimum Gasteiger partial charge on any atom is -0.349 e. The number of hydrogen-bond acceptors (Lipinski definition) is 2. The Bertz CT molecular complexity index is 370. The molecule has 0 spiro atoms. The highest BCUT2D eigenvalue weighted by atomic mass is 35.5. The molecule has 82 valence electrons. The molecule has 1 rings (SSSR count). The summed E-state index contributed by atoms with van der Waals surface area (Å²) in [7, 11) is 0. The van der Waals surface area contributed by atoms with Crippen molar-refractivity contribution in [3.63, 3.8) is 0 Å². The van der Waals surface area contributed by atoms with Gasteiger partial charge in [-0.05, 0) is 18.6 Å². The average Bonchev–Trinajstić information content (AvgIpc) is 2.21. The van der Waals surface area contributed by atoms with Crippen molar-refractivity contribution < 1.29 is 4.79 Å². The zero-order valence-corrected chi connectivity index (χ0v) is 10.5. The van der Waals surface area contributed by atoms with E-state index in [0.29, 0.717) is 10.0 Å². The standard InChI is InChI=1S/C10H11Cl2NOS/c1-6(13-9(14)5-15)7-3-2-4-8(11)10(7)12/h2-4,6,15H,5H2,1H3,(H,13,14). The van der Waals surface area contributed by atoms with E-state index in [9.17, 15) is 4.79 Å². The Balaban J connectivity index is 2.86. The van der Waals surface area contributed by atoms with Crippen LogP contribution < -0.4 is 5.32 Å². The van der Waals surface area contributed by atoms with Crippen LogP contribution in [0.5, 0.6) is 0 Å². The van der Waals surface area contributed by atoms with Gasteiger partial charge in [0.15, 0.2) is 0 Å². The van der Waals surface area contributed by atoms with Gasteiger partial charge in [-0.2, -0.15) is 12.6 Å². The number of benzene rings is 1. The van der Waals surface area contributed by atoms with Gasteiger partial charge < -0.3 is 5.32 Å². The molecular weight excluding hydrogens is 253 g/mol. The first-order valence-electron chi connectivity index (χ1n) is 4.40. The van der Waals surface area contributed by atoms with Gasteiger partial charge in [0.05, 0.1) is 21.8 Å². The maximum Gasteiger partial charge on any atom is 0.230 e. The van der Waals surface area contributed by atoms with E-state index in [1.165, 1.54) is 0 Å². The Morgan fingerprint density at radius 2 is 2.20 bits per heavy atom. The topological polar surface area (TPSA) is 29.1 Å². The second kappa shape index (κ2) is 5.64. The average molecular weight is 264 g/mol. The van der Waals surface area contributed by atoms with Crippen LogP contribution >= 0.6 is 35.8 Å². The molecule has 15 heavy (non-hydrogen) atoms. The van der Waals surface area contributed by atoms with Crippen molar-refractivity contribution in [2.45, 2.75) is 13.0 Å². The molecular formula is C10H11Cl2NOS. The molecule has 0 radical (unpaired) electrons. The molecule has 1 unspecified atom stereocenters. The van der Waals surface area contributed by atoms with E-state index < -0.39 is 0 Å². The van der Waals surface area contributed by atoms with Gasteiger partial charge in [-0.3, -0.25) is 4.79 Å². The fourth-order valence-electron chi connectivity index (χ4n) is 1.22. The van der Waals surface area contributed by atoms with Gasteiger partial charge in [0.25, 0.3) is 0 Å². The third-order valence-electron chi connectivity index (χ3n) is 1.97. The van der Waals surface area contributed by atoms with Crippen LogP contribution in [0.25, 0.3) is 0 Å². The number of amides is 1. The first kappa shape index (κ1) is 12.7. The van der Waals surface area contributed by atoms with E-state index in [4.69, 9.17) is 23.2 Å². The minimum absolute atomic E-state index is 0.137. The first-order valence-corrected chi connectivity index (χ1v) is 5.79. The van der Waals surface area contributed by atoms with Crippen LogP contribution in [0, 0.1) is 0 Å². The number of carbonyl (C=O) groups is 1. The van der Waals surface area contributed by atoms with Crippen LogP contribution in [-0.2, 0) is 4.79 Å². The quantitative estimate of drug-likeness (QED) is 0.807. The van der Waals surface area contributed by atoms with Crippen molar-refractivity contribution in [2.24, 2.45) is 0 Å². The molecule has 1 N–H and O–H groups in total. The highest BCUT2D eigenvalue weighted by Gasteiger charge is 2.13. The van der Waals surface area contributed by atoms with Crippen molar-refractivity contribution in [3.8, 4) is 0 Å². The molecule has 0 aromatic heterocycles. The Hall–Kier alpha value is -0.380. The molecule has 1 aromatic carbocycles. The molecule has 0 bridgehead atoms. The Kier molecular flexibility index (Phi) is 4.77. The van der Waals surface area contributed by atoms with Crippen LogP contribution in [-0.4, -0.2) is 11.7 Å². The van der Waals surface area contributed by atoms with E-state index in [-0.39, 0.29) is 17.7 Å². The molecule has 0 saturated carbocycles. The van der Waals surface area contributed by atoms with Crippen molar-refractivity contribution in [2.75, 3.05) is 5.75 Å². The summed E-state index contributed by atoms with van der Waals surface area (Å²) < 4.78 is 0. The van der Waals surface area contributed by atoms with E-state index in [2.05, 4.69) is 17.9 Å². The zero-order chi connectivity index (χ0) is 11.4. The second-order valence-electron chi connectivity index (χ2n) is 3.09. The molecule has 5 heteroatoms. The number of nitrogens with one attached hydrogen (secondary N) is 1. The van der Waals surface area contributed by atoms with Crippen molar-refractivity contribution in [1.29, 1.82) is 0 Å². The van der Waals surface area contributed by atoms with Crippen molar-refractivity contribution in [1.82, 2.24) is 5.32 Å². The Labute approximate surface area is 104 Å². The van der Waals surface area contributed by atoms with Crippen molar-refractivity contribution in [3.05, 3.63) is 33.8 Å². The number of hydrogen-bond donors (Lipinski definition) is 2. The molecule has 0 saturated heterocycles. The van der Waals surface area contributed by atoms with Gasteiger partial charge in [0, 0.05) is 0 Å². The van der Waals surface area contributed by atoms with E-state index in [1.54, 1.807) is 12.1 Å². The normalized spacial score (nSPS) is 12.3. The van der Waals surface area contributed by atoms with Crippen LogP contribution in [0.2, 0.25) is 10.0 Å². The number of thiol groups is 1. The van der Waals surface area contributed by atoms with E-state index >= 15 is 0 Å². The minimum atomic E-state index is -0.171. The van der Waals surface area contributed by atoms with Crippen LogP contribution in [0.4, 0.5) is 0 Å². The molecule has 0 aliphatic carbocycles. The maximum absolute atomic E-state index is 11.1.